The Kier molecular flexibility index (Phi) is 2.79. The van der Waals surface area contributed by atoms with Crippen molar-refractivity contribution in [1.82, 2.24) is 9.72 Å². The number of rotatable bonds is 3. The van der Waals surface area contributed by atoms with Gasteiger partial charge in [-0.25, -0.2) is 4.79 Å². The molecule has 3 aromatic rings. The van der Waals surface area contributed by atoms with Gasteiger partial charge in [-0.2, -0.15) is 0 Å². The molecule has 7 nitrogen and oxygen atoms in total. The molecule has 0 aliphatic carbocycles. The van der Waals surface area contributed by atoms with E-state index in [1.165, 1.54) is 10.8 Å². The quantitative estimate of drug-likeness (QED) is 0.758. The first kappa shape index (κ1) is 12.4. The van der Waals surface area contributed by atoms with Crippen molar-refractivity contribution in [3.05, 3.63) is 45.4 Å². The lowest BCUT2D eigenvalue weighted by Crippen LogP contribution is -2.22. The summed E-state index contributed by atoms with van der Waals surface area (Å²) in [6.07, 6.45) is 1.44. The van der Waals surface area contributed by atoms with Crippen LogP contribution >= 0.6 is 11.3 Å². The molecule has 0 amide bonds. The summed E-state index contributed by atoms with van der Waals surface area (Å²) in [6.45, 7) is 0.0690. The fraction of sp³-hybridized carbons (Fsp3) is 0.0833. The van der Waals surface area contributed by atoms with Crippen LogP contribution in [0.5, 0.6) is 5.75 Å². The summed E-state index contributed by atoms with van der Waals surface area (Å²) in [7, 11) is 0. The molecule has 3 rings (SSSR count). The molecule has 0 aromatic carbocycles. The van der Waals surface area contributed by atoms with E-state index in [0.29, 0.717) is 16.0 Å². The Morgan fingerprint density at radius 3 is 2.90 bits per heavy atom. The van der Waals surface area contributed by atoms with Gasteiger partial charge in [0, 0.05) is 6.07 Å². The van der Waals surface area contributed by atoms with Gasteiger partial charge in [-0.15, -0.1) is 11.3 Å². The second-order valence-electron chi connectivity index (χ2n) is 4.03. The van der Waals surface area contributed by atoms with Crippen LogP contribution in [0.15, 0.2) is 33.0 Å². The van der Waals surface area contributed by atoms with Crippen molar-refractivity contribution >= 4 is 27.5 Å². The van der Waals surface area contributed by atoms with Gasteiger partial charge in [0.25, 0.3) is 5.56 Å². The number of carbonyl (C=O) groups is 1. The van der Waals surface area contributed by atoms with E-state index in [-0.39, 0.29) is 12.1 Å². The first-order valence-corrected chi connectivity index (χ1v) is 6.43. The van der Waals surface area contributed by atoms with Crippen LogP contribution < -0.4 is 5.56 Å². The van der Waals surface area contributed by atoms with E-state index in [1.807, 2.05) is 0 Å². The van der Waals surface area contributed by atoms with Crippen molar-refractivity contribution in [2.75, 3.05) is 0 Å². The van der Waals surface area contributed by atoms with Gasteiger partial charge in [-0.05, 0) is 11.4 Å². The Morgan fingerprint density at radius 1 is 1.45 bits per heavy atom. The summed E-state index contributed by atoms with van der Waals surface area (Å²) in [6, 6.07) is 3.22. The van der Waals surface area contributed by atoms with Crippen LogP contribution in [0.25, 0.3) is 10.2 Å². The van der Waals surface area contributed by atoms with Gasteiger partial charge in [0.1, 0.15) is 5.56 Å². The second-order valence-corrected chi connectivity index (χ2v) is 4.95. The van der Waals surface area contributed by atoms with Gasteiger partial charge in [0.15, 0.2) is 11.5 Å². The third kappa shape index (κ3) is 1.77. The van der Waals surface area contributed by atoms with Gasteiger partial charge < -0.3 is 14.7 Å². The Bertz CT molecular complexity index is 847. The SMILES string of the molecule is O=C(O)c1c(O)c(=O)n(Cc2ccno2)c2ccsc12. The Morgan fingerprint density at radius 2 is 2.25 bits per heavy atom. The molecule has 20 heavy (non-hydrogen) atoms. The summed E-state index contributed by atoms with van der Waals surface area (Å²) in [5.74, 6) is -1.67. The zero-order valence-corrected chi connectivity index (χ0v) is 10.8. The minimum absolute atomic E-state index is 0.0690. The number of carboxylic acids is 1. The molecular weight excluding hydrogens is 284 g/mol. The van der Waals surface area contributed by atoms with Crippen LogP contribution in [-0.4, -0.2) is 25.9 Å². The molecule has 0 unspecified atom stereocenters. The minimum atomic E-state index is -1.33. The summed E-state index contributed by atoms with van der Waals surface area (Å²) in [5, 5.41) is 24.2. The van der Waals surface area contributed by atoms with Crippen molar-refractivity contribution in [1.29, 1.82) is 0 Å². The number of fused-ring (bicyclic) bond motifs is 1. The summed E-state index contributed by atoms with van der Waals surface area (Å²) >= 11 is 1.15. The molecule has 0 fully saturated rings. The molecule has 102 valence electrons. The first-order valence-electron chi connectivity index (χ1n) is 5.55. The van der Waals surface area contributed by atoms with Crippen LogP contribution in [-0.2, 0) is 6.54 Å². The average Bonchev–Trinajstić information content (AvgIpc) is 3.05. The monoisotopic (exact) mass is 292 g/mol. The van der Waals surface area contributed by atoms with Crippen LogP contribution in [0, 0.1) is 0 Å². The molecule has 0 saturated carbocycles. The van der Waals surface area contributed by atoms with E-state index >= 15 is 0 Å². The second kappa shape index (κ2) is 4.49. The van der Waals surface area contributed by atoms with Gasteiger partial charge in [-0.3, -0.25) is 9.36 Å². The molecule has 2 N–H and O–H groups in total. The molecule has 0 aliphatic heterocycles. The highest BCUT2D eigenvalue weighted by Crippen LogP contribution is 2.29. The van der Waals surface area contributed by atoms with Crippen molar-refractivity contribution in [2.45, 2.75) is 6.54 Å². The zero-order valence-electron chi connectivity index (χ0n) is 9.94. The molecule has 3 aromatic heterocycles. The topological polar surface area (TPSA) is 106 Å². The molecule has 8 heteroatoms. The number of pyridine rings is 1. The van der Waals surface area contributed by atoms with Crippen molar-refractivity contribution in [3.8, 4) is 5.75 Å². The van der Waals surface area contributed by atoms with E-state index < -0.39 is 17.3 Å². The van der Waals surface area contributed by atoms with E-state index in [2.05, 4.69) is 5.16 Å². The van der Waals surface area contributed by atoms with Crippen molar-refractivity contribution in [2.24, 2.45) is 0 Å². The highest BCUT2D eigenvalue weighted by Gasteiger charge is 2.22. The smallest absolute Gasteiger partial charge is 0.341 e. The number of aromatic nitrogens is 2. The normalized spacial score (nSPS) is 11.0. The van der Waals surface area contributed by atoms with E-state index in [9.17, 15) is 14.7 Å². The van der Waals surface area contributed by atoms with Crippen LogP contribution in [0.4, 0.5) is 0 Å². The maximum Gasteiger partial charge on any atom is 0.341 e. The van der Waals surface area contributed by atoms with Gasteiger partial charge in [-0.1, -0.05) is 5.16 Å². The summed E-state index contributed by atoms with van der Waals surface area (Å²) in [5.41, 5.74) is -0.704. The number of aromatic carboxylic acids is 1. The number of aromatic hydroxyl groups is 1. The highest BCUT2D eigenvalue weighted by atomic mass is 32.1. The van der Waals surface area contributed by atoms with Crippen molar-refractivity contribution in [3.63, 3.8) is 0 Å². The Labute approximate surface area is 115 Å². The predicted molar refractivity (Wildman–Crippen MR) is 70.3 cm³/mol. The van der Waals surface area contributed by atoms with E-state index in [0.717, 1.165) is 11.3 Å². The molecule has 0 radical (unpaired) electrons. The molecular formula is C12H8N2O5S. The van der Waals surface area contributed by atoms with Crippen molar-refractivity contribution < 1.29 is 19.5 Å². The molecule has 0 spiro atoms. The maximum atomic E-state index is 12.1. The summed E-state index contributed by atoms with van der Waals surface area (Å²) < 4.78 is 6.53. The lowest BCUT2D eigenvalue weighted by Gasteiger charge is -2.09. The van der Waals surface area contributed by atoms with Crippen LogP contribution in [0.3, 0.4) is 0 Å². The van der Waals surface area contributed by atoms with E-state index in [4.69, 9.17) is 9.63 Å². The van der Waals surface area contributed by atoms with Gasteiger partial charge >= 0.3 is 5.97 Å². The predicted octanol–water partition coefficient (Wildman–Crippen LogP) is 1.50. The summed E-state index contributed by atoms with van der Waals surface area (Å²) in [4.78, 5) is 23.3. The Balaban J connectivity index is 2.31. The first-order chi connectivity index (χ1) is 9.59. The third-order valence-electron chi connectivity index (χ3n) is 2.87. The average molecular weight is 292 g/mol. The third-order valence-corrected chi connectivity index (χ3v) is 3.79. The van der Waals surface area contributed by atoms with E-state index in [1.54, 1.807) is 17.5 Å². The fourth-order valence-corrected chi connectivity index (χ4v) is 2.92. The van der Waals surface area contributed by atoms with Crippen LogP contribution in [0.1, 0.15) is 16.1 Å². The highest BCUT2D eigenvalue weighted by molar-refractivity contribution is 7.17. The van der Waals surface area contributed by atoms with Gasteiger partial charge in [0.05, 0.1) is 23.0 Å². The number of hydrogen-bond acceptors (Lipinski definition) is 6. The lowest BCUT2D eigenvalue weighted by molar-refractivity contribution is 0.0695. The zero-order chi connectivity index (χ0) is 14.3. The molecule has 0 aliphatic rings. The lowest BCUT2D eigenvalue weighted by atomic mass is 10.2. The van der Waals surface area contributed by atoms with Gasteiger partial charge in [0.2, 0.25) is 0 Å². The molecule has 0 bridgehead atoms. The number of carboxylic acid groups (broad SMARTS) is 1. The fourth-order valence-electron chi connectivity index (χ4n) is 1.99. The standard InChI is InChI=1S/C12H8N2O5S/c15-9-8(12(17)18)10-7(2-4-20-10)14(11(9)16)5-6-1-3-13-19-6/h1-4,15H,5H2,(H,17,18). The molecule has 3 heterocycles. The number of thiophene rings is 1. The minimum Gasteiger partial charge on any atom is -0.502 e. The maximum absolute atomic E-state index is 12.1. The number of nitrogens with zero attached hydrogens (tertiary/aromatic N) is 2. The Hall–Kier alpha value is -2.61. The largest absolute Gasteiger partial charge is 0.502 e. The number of hydrogen-bond donors (Lipinski definition) is 2. The molecule has 0 saturated heterocycles. The van der Waals surface area contributed by atoms with Crippen LogP contribution in [0.2, 0.25) is 0 Å². The molecule has 0 atom stereocenters.